The first kappa shape index (κ1) is 25.0. The standard InChI is InChI=1S/C27H42N4O3S/c1-25(2,31-17-8-18-35(31,33)34)20-29-21-26(30(24(29)32)19-22-11-12-22)13-15-27(16-14-26,28(3)4)23-9-6-5-7-10-23/h5-7,9-10,22H,8,11-21H2,1-4H3/t26-,27+. The van der Waals surface area contributed by atoms with Crippen LogP contribution >= 0.6 is 0 Å². The summed E-state index contributed by atoms with van der Waals surface area (Å²) in [5.41, 5.74) is 0.578. The van der Waals surface area contributed by atoms with Crippen molar-refractivity contribution in [2.24, 2.45) is 5.92 Å². The minimum atomic E-state index is -3.24. The van der Waals surface area contributed by atoms with E-state index in [-0.39, 0.29) is 22.9 Å². The predicted octanol–water partition coefficient (Wildman–Crippen LogP) is 3.72. The van der Waals surface area contributed by atoms with Crippen LogP contribution in [0.25, 0.3) is 0 Å². The molecule has 8 heteroatoms. The summed E-state index contributed by atoms with van der Waals surface area (Å²) < 4.78 is 26.9. The van der Waals surface area contributed by atoms with E-state index in [2.05, 4.69) is 54.2 Å². The van der Waals surface area contributed by atoms with E-state index in [0.29, 0.717) is 32.0 Å². The lowest BCUT2D eigenvalue weighted by Crippen LogP contribution is -2.55. The Morgan fingerprint density at radius 1 is 1.06 bits per heavy atom. The van der Waals surface area contributed by atoms with Gasteiger partial charge in [-0.2, -0.15) is 4.31 Å². The van der Waals surface area contributed by atoms with Gasteiger partial charge in [0.1, 0.15) is 0 Å². The van der Waals surface area contributed by atoms with Gasteiger partial charge in [-0.05, 0) is 84.4 Å². The van der Waals surface area contributed by atoms with Crippen molar-refractivity contribution in [1.29, 1.82) is 0 Å². The average Bonchev–Trinajstić information content (AvgIpc) is 3.51. The van der Waals surface area contributed by atoms with Gasteiger partial charge in [-0.25, -0.2) is 13.2 Å². The first-order chi connectivity index (χ1) is 16.5. The number of sulfonamides is 1. The van der Waals surface area contributed by atoms with Crippen molar-refractivity contribution in [2.75, 3.05) is 46.0 Å². The maximum atomic E-state index is 13.8. The molecular weight excluding hydrogens is 460 g/mol. The average molecular weight is 503 g/mol. The van der Waals surface area contributed by atoms with Crippen LogP contribution in [-0.2, 0) is 15.6 Å². The highest BCUT2D eigenvalue weighted by atomic mass is 32.2. The molecule has 4 aliphatic rings. The SMILES string of the molecule is CN(C)[C@]1(c2ccccc2)CC[C@]2(CC1)CN(CC(C)(C)N1CCCS1(=O)=O)C(=O)N2CC1CC1. The van der Waals surface area contributed by atoms with Gasteiger partial charge in [0.15, 0.2) is 0 Å². The van der Waals surface area contributed by atoms with E-state index in [4.69, 9.17) is 0 Å². The van der Waals surface area contributed by atoms with Crippen molar-refractivity contribution < 1.29 is 13.2 Å². The second-order valence-corrected chi connectivity index (χ2v) is 14.3. The fourth-order valence-electron chi connectivity index (χ4n) is 7.00. The van der Waals surface area contributed by atoms with Gasteiger partial charge in [-0.3, -0.25) is 4.90 Å². The summed E-state index contributed by atoms with van der Waals surface area (Å²) in [5.74, 6) is 0.839. The number of amides is 2. The molecule has 194 valence electrons. The Morgan fingerprint density at radius 3 is 2.26 bits per heavy atom. The monoisotopic (exact) mass is 502 g/mol. The van der Waals surface area contributed by atoms with Crippen molar-refractivity contribution >= 4 is 16.1 Å². The summed E-state index contributed by atoms with van der Waals surface area (Å²) in [6, 6.07) is 10.9. The normalized spacial score (nSPS) is 31.7. The second-order valence-electron chi connectivity index (χ2n) is 12.3. The topological polar surface area (TPSA) is 64.2 Å². The van der Waals surface area contributed by atoms with Crippen molar-refractivity contribution in [3.05, 3.63) is 35.9 Å². The van der Waals surface area contributed by atoms with Gasteiger partial charge < -0.3 is 9.80 Å². The molecule has 1 aromatic rings. The molecule has 5 rings (SSSR count). The Balaban J connectivity index is 1.39. The maximum Gasteiger partial charge on any atom is 0.320 e. The summed E-state index contributed by atoms with van der Waals surface area (Å²) in [7, 11) is 1.12. The number of urea groups is 1. The van der Waals surface area contributed by atoms with Gasteiger partial charge in [-0.1, -0.05) is 30.3 Å². The zero-order valence-corrected chi connectivity index (χ0v) is 22.7. The van der Waals surface area contributed by atoms with Crippen LogP contribution in [0, 0.1) is 5.92 Å². The van der Waals surface area contributed by atoms with Crippen LogP contribution in [0.5, 0.6) is 0 Å². The van der Waals surface area contributed by atoms with Crippen LogP contribution in [0.4, 0.5) is 4.79 Å². The van der Waals surface area contributed by atoms with Crippen LogP contribution in [0.3, 0.4) is 0 Å². The fraction of sp³-hybridized carbons (Fsp3) is 0.741. The molecule has 2 amide bonds. The smallest absolute Gasteiger partial charge is 0.320 e. The summed E-state index contributed by atoms with van der Waals surface area (Å²) in [5, 5.41) is 0. The lowest BCUT2D eigenvalue weighted by molar-refractivity contribution is 0.0228. The predicted molar refractivity (Wildman–Crippen MR) is 139 cm³/mol. The second kappa shape index (κ2) is 8.73. The lowest BCUT2D eigenvalue weighted by atomic mass is 9.68. The van der Waals surface area contributed by atoms with E-state index in [1.807, 2.05) is 18.7 Å². The first-order valence-electron chi connectivity index (χ1n) is 13.3. The van der Waals surface area contributed by atoms with Gasteiger partial charge >= 0.3 is 6.03 Å². The number of benzene rings is 1. The lowest BCUT2D eigenvalue weighted by Gasteiger charge is -2.51. The summed E-state index contributed by atoms with van der Waals surface area (Å²) in [6.45, 7) is 6.51. The molecule has 0 bridgehead atoms. The van der Waals surface area contributed by atoms with Crippen LogP contribution < -0.4 is 0 Å². The molecule has 35 heavy (non-hydrogen) atoms. The minimum absolute atomic E-state index is 0.0167. The molecule has 1 aromatic carbocycles. The number of nitrogens with zero attached hydrogens (tertiary/aromatic N) is 4. The molecule has 4 fully saturated rings. The third kappa shape index (κ3) is 4.40. The van der Waals surface area contributed by atoms with E-state index in [0.717, 1.165) is 32.2 Å². The minimum Gasteiger partial charge on any atom is -0.320 e. The molecule has 0 aromatic heterocycles. The highest BCUT2D eigenvalue weighted by Gasteiger charge is 2.56. The Labute approximate surface area is 211 Å². The highest BCUT2D eigenvalue weighted by Crippen LogP contribution is 2.50. The number of hydrogen-bond donors (Lipinski definition) is 0. The third-order valence-corrected chi connectivity index (χ3v) is 11.4. The Hall–Kier alpha value is -1.64. The third-order valence-electron chi connectivity index (χ3n) is 9.22. The van der Waals surface area contributed by atoms with E-state index in [1.54, 1.807) is 4.31 Å². The Bertz CT molecular complexity index is 1040. The molecule has 0 radical (unpaired) electrons. The number of rotatable bonds is 7. The molecule has 2 heterocycles. The van der Waals surface area contributed by atoms with E-state index in [9.17, 15) is 13.2 Å². The molecule has 2 saturated heterocycles. The van der Waals surface area contributed by atoms with Gasteiger partial charge in [0, 0.05) is 37.3 Å². The van der Waals surface area contributed by atoms with Crippen molar-refractivity contribution in [3.63, 3.8) is 0 Å². The molecular formula is C27H42N4O3S. The van der Waals surface area contributed by atoms with Gasteiger partial charge in [0.25, 0.3) is 0 Å². The van der Waals surface area contributed by atoms with Crippen LogP contribution in [0.1, 0.15) is 64.4 Å². The quantitative estimate of drug-likeness (QED) is 0.570. The van der Waals surface area contributed by atoms with Gasteiger partial charge in [0.05, 0.1) is 11.3 Å². The van der Waals surface area contributed by atoms with Crippen LogP contribution in [-0.4, -0.2) is 90.6 Å². The number of carbonyl (C=O) groups excluding carboxylic acids is 1. The molecule has 1 spiro atoms. The Kier molecular flexibility index (Phi) is 6.25. The Morgan fingerprint density at radius 2 is 1.71 bits per heavy atom. The van der Waals surface area contributed by atoms with Crippen LogP contribution in [0.2, 0.25) is 0 Å². The molecule has 2 aliphatic heterocycles. The maximum absolute atomic E-state index is 13.8. The molecule has 2 aliphatic carbocycles. The summed E-state index contributed by atoms with van der Waals surface area (Å²) >= 11 is 0. The molecule has 0 N–H and O–H groups in total. The molecule has 0 atom stereocenters. The fourth-order valence-corrected chi connectivity index (χ4v) is 8.93. The van der Waals surface area contributed by atoms with Gasteiger partial charge in [0.2, 0.25) is 10.0 Å². The van der Waals surface area contributed by atoms with Gasteiger partial charge in [-0.15, -0.1) is 0 Å². The van der Waals surface area contributed by atoms with E-state index < -0.39 is 15.6 Å². The van der Waals surface area contributed by atoms with E-state index >= 15 is 0 Å². The number of hydrogen-bond acceptors (Lipinski definition) is 4. The largest absolute Gasteiger partial charge is 0.320 e. The summed E-state index contributed by atoms with van der Waals surface area (Å²) in [4.78, 5) is 20.4. The van der Waals surface area contributed by atoms with E-state index in [1.165, 1.54) is 18.4 Å². The molecule has 7 nitrogen and oxygen atoms in total. The van der Waals surface area contributed by atoms with Crippen molar-refractivity contribution in [2.45, 2.75) is 75.4 Å². The number of carbonyl (C=O) groups is 1. The zero-order chi connectivity index (χ0) is 25.1. The zero-order valence-electron chi connectivity index (χ0n) is 21.9. The van der Waals surface area contributed by atoms with Crippen molar-refractivity contribution in [1.82, 2.24) is 19.0 Å². The highest BCUT2D eigenvalue weighted by molar-refractivity contribution is 7.89. The van der Waals surface area contributed by atoms with Crippen LogP contribution in [0.15, 0.2) is 30.3 Å². The van der Waals surface area contributed by atoms with Crippen molar-refractivity contribution in [3.8, 4) is 0 Å². The molecule has 2 saturated carbocycles. The summed E-state index contributed by atoms with van der Waals surface area (Å²) in [6.07, 6.45) is 7.05. The first-order valence-corrected chi connectivity index (χ1v) is 14.9. The molecule has 0 unspecified atom stereocenters.